The predicted octanol–water partition coefficient (Wildman–Crippen LogP) is 2.72. The van der Waals surface area contributed by atoms with Crippen LogP contribution in [-0.4, -0.2) is 37.6 Å². The monoisotopic (exact) mass is 304 g/mol. The zero-order valence-corrected chi connectivity index (χ0v) is 13.6. The summed E-state index contributed by atoms with van der Waals surface area (Å²) in [6.07, 6.45) is 6.37. The van der Waals surface area contributed by atoms with Crippen molar-refractivity contribution in [2.24, 2.45) is 0 Å². The molecule has 0 unspecified atom stereocenters. The molecule has 2 rings (SSSR count). The average molecular weight is 304 g/mol. The van der Waals surface area contributed by atoms with Gasteiger partial charge >= 0.3 is 0 Å². The van der Waals surface area contributed by atoms with Gasteiger partial charge in [0.1, 0.15) is 0 Å². The molecule has 1 aromatic carbocycles. The van der Waals surface area contributed by atoms with Crippen LogP contribution in [0.4, 0.5) is 0 Å². The second-order valence-corrected chi connectivity index (χ2v) is 6.07. The Hall–Kier alpha value is -1.39. The van der Waals surface area contributed by atoms with Crippen LogP contribution in [-0.2, 0) is 22.7 Å². The Morgan fingerprint density at radius 2 is 1.64 bits per heavy atom. The molecule has 0 saturated carbocycles. The third-order valence-electron chi connectivity index (χ3n) is 4.14. The summed E-state index contributed by atoms with van der Waals surface area (Å²) in [6, 6.07) is 8.18. The first-order valence-electron chi connectivity index (χ1n) is 8.34. The quantitative estimate of drug-likeness (QED) is 0.878. The fourth-order valence-corrected chi connectivity index (χ4v) is 2.85. The zero-order chi connectivity index (χ0) is 15.6. The van der Waals surface area contributed by atoms with Crippen LogP contribution in [0.15, 0.2) is 24.3 Å². The van der Waals surface area contributed by atoms with Crippen LogP contribution in [0.1, 0.15) is 43.2 Å². The minimum atomic E-state index is 0.126. The number of hydrogen-bond acceptors (Lipinski definition) is 3. The van der Waals surface area contributed by atoms with Gasteiger partial charge in [-0.15, -0.1) is 0 Å². The number of amides is 1. The minimum Gasteiger partial charge on any atom is -0.380 e. The molecular weight excluding hydrogens is 276 g/mol. The Bertz CT molecular complexity index is 437. The molecule has 122 valence electrons. The molecule has 0 radical (unpaired) electrons. The highest BCUT2D eigenvalue weighted by atomic mass is 16.5. The fourth-order valence-electron chi connectivity index (χ4n) is 2.85. The van der Waals surface area contributed by atoms with Crippen molar-refractivity contribution in [3.63, 3.8) is 0 Å². The van der Waals surface area contributed by atoms with Crippen molar-refractivity contribution in [1.82, 2.24) is 10.2 Å². The zero-order valence-electron chi connectivity index (χ0n) is 13.6. The number of nitrogens with one attached hydrogen (secondary N) is 1. The summed E-state index contributed by atoms with van der Waals surface area (Å²) < 4.78 is 5.09. The largest absolute Gasteiger partial charge is 0.380 e. The highest BCUT2D eigenvalue weighted by molar-refractivity contribution is 5.78. The highest BCUT2D eigenvalue weighted by Gasteiger charge is 2.11. The lowest BCUT2D eigenvalue weighted by Gasteiger charge is -2.23. The molecule has 1 saturated heterocycles. The fraction of sp³-hybridized carbons (Fsp3) is 0.611. The molecule has 1 aliphatic rings. The molecule has 1 amide bonds. The number of carbonyl (C=O) groups excluding carboxylic acids is 1. The second-order valence-electron chi connectivity index (χ2n) is 6.07. The van der Waals surface area contributed by atoms with E-state index < -0.39 is 0 Å². The molecule has 4 nitrogen and oxygen atoms in total. The van der Waals surface area contributed by atoms with Gasteiger partial charge in [0.05, 0.1) is 13.2 Å². The number of nitrogens with zero attached hydrogens (tertiary/aromatic N) is 1. The van der Waals surface area contributed by atoms with E-state index in [9.17, 15) is 4.79 Å². The van der Waals surface area contributed by atoms with E-state index in [0.29, 0.717) is 19.7 Å². The van der Waals surface area contributed by atoms with E-state index in [1.54, 1.807) is 7.11 Å². The molecule has 0 spiro atoms. The number of hydrogen-bond donors (Lipinski definition) is 1. The smallest absolute Gasteiger partial charge is 0.234 e. The van der Waals surface area contributed by atoms with E-state index in [0.717, 1.165) is 24.2 Å². The lowest BCUT2D eigenvalue weighted by molar-refractivity contribution is -0.122. The predicted molar refractivity (Wildman–Crippen MR) is 88.5 cm³/mol. The molecule has 0 atom stereocenters. The summed E-state index contributed by atoms with van der Waals surface area (Å²) in [5.41, 5.74) is 2.28. The van der Waals surface area contributed by atoms with Crippen molar-refractivity contribution in [1.29, 1.82) is 0 Å². The molecule has 1 fully saturated rings. The Kier molecular flexibility index (Phi) is 7.40. The van der Waals surface area contributed by atoms with Gasteiger partial charge in [0.25, 0.3) is 0 Å². The summed E-state index contributed by atoms with van der Waals surface area (Å²) in [6.45, 7) is 3.86. The molecular formula is C18H28N2O2. The van der Waals surface area contributed by atoms with E-state index in [4.69, 9.17) is 4.74 Å². The number of rotatable bonds is 6. The van der Waals surface area contributed by atoms with E-state index in [1.807, 2.05) is 24.3 Å². The first-order valence-corrected chi connectivity index (χ1v) is 8.34. The van der Waals surface area contributed by atoms with Crippen molar-refractivity contribution in [2.45, 2.75) is 45.3 Å². The highest BCUT2D eigenvalue weighted by Crippen LogP contribution is 2.10. The number of benzene rings is 1. The number of carbonyl (C=O) groups is 1. The Morgan fingerprint density at radius 1 is 1.05 bits per heavy atom. The van der Waals surface area contributed by atoms with Crippen molar-refractivity contribution in [3.8, 4) is 0 Å². The molecule has 0 aliphatic carbocycles. The molecule has 1 aliphatic heterocycles. The van der Waals surface area contributed by atoms with Gasteiger partial charge in [-0.25, -0.2) is 0 Å². The van der Waals surface area contributed by atoms with Crippen molar-refractivity contribution >= 4 is 5.91 Å². The first-order chi connectivity index (χ1) is 10.8. The van der Waals surface area contributed by atoms with Crippen LogP contribution in [0.5, 0.6) is 0 Å². The second kappa shape index (κ2) is 9.59. The van der Waals surface area contributed by atoms with Gasteiger partial charge in [-0.1, -0.05) is 43.5 Å². The molecule has 1 N–H and O–H groups in total. The van der Waals surface area contributed by atoms with Gasteiger partial charge in [-0.2, -0.15) is 0 Å². The van der Waals surface area contributed by atoms with Gasteiger partial charge in [0, 0.05) is 13.7 Å². The molecule has 4 heteroatoms. The Balaban J connectivity index is 1.72. The van der Waals surface area contributed by atoms with Crippen molar-refractivity contribution in [3.05, 3.63) is 35.4 Å². The van der Waals surface area contributed by atoms with E-state index in [-0.39, 0.29) is 5.91 Å². The number of ether oxygens (including phenoxy) is 1. The van der Waals surface area contributed by atoms with Crippen LogP contribution in [0.25, 0.3) is 0 Å². The maximum Gasteiger partial charge on any atom is 0.234 e. The number of likely N-dealkylation sites (tertiary alicyclic amines) is 1. The van der Waals surface area contributed by atoms with Crippen molar-refractivity contribution in [2.75, 3.05) is 26.7 Å². The standard InChI is InChI=1S/C18H28N2O2/c1-22-15-17-9-7-16(8-10-17)13-19-18(21)14-20-11-5-3-2-4-6-12-20/h7-10H,2-6,11-15H2,1H3,(H,19,21). The summed E-state index contributed by atoms with van der Waals surface area (Å²) >= 11 is 0. The van der Waals surface area contributed by atoms with Crippen LogP contribution >= 0.6 is 0 Å². The van der Waals surface area contributed by atoms with Gasteiger partial charge in [0.2, 0.25) is 5.91 Å². The van der Waals surface area contributed by atoms with Gasteiger partial charge in [-0.3, -0.25) is 9.69 Å². The topological polar surface area (TPSA) is 41.6 Å². The normalized spacial score (nSPS) is 16.8. The number of methoxy groups -OCH3 is 1. The Labute approximate surface area is 133 Å². The van der Waals surface area contributed by atoms with Crippen LogP contribution in [0.3, 0.4) is 0 Å². The van der Waals surface area contributed by atoms with Crippen LogP contribution < -0.4 is 5.32 Å². The van der Waals surface area contributed by atoms with Crippen LogP contribution in [0, 0.1) is 0 Å². The maximum absolute atomic E-state index is 12.1. The summed E-state index contributed by atoms with van der Waals surface area (Å²) in [4.78, 5) is 14.4. The molecule has 1 aromatic rings. The summed E-state index contributed by atoms with van der Waals surface area (Å²) in [5.74, 6) is 0.126. The maximum atomic E-state index is 12.1. The lowest BCUT2D eigenvalue weighted by atomic mass is 10.1. The van der Waals surface area contributed by atoms with Gasteiger partial charge in [-0.05, 0) is 37.1 Å². The van der Waals surface area contributed by atoms with E-state index in [1.165, 1.54) is 32.1 Å². The van der Waals surface area contributed by atoms with Crippen LogP contribution in [0.2, 0.25) is 0 Å². The van der Waals surface area contributed by atoms with E-state index in [2.05, 4.69) is 10.2 Å². The third kappa shape index (κ3) is 6.16. The molecule has 0 aromatic heterocycles. The lowest BCUT2D eigenvalue weighted by Crippen LogP contribution is -2.38. The molecule has 0 bridgehead atoms. The van der Waals surface area contributed by atoms with Gasteiger partial charge < -0.3 is 10.1 Å². The summed E-state index contributed by atoms with van der Waals surface area (Å²) in [7, 11) is 1.69. The van der Waals surface area contributed by atoms with Gasteiger partial charge in [0.15, 0.2) is 0 Å². The summed E-state index contributed by atoms with van der Waals surface area (Å²) in [5, 5.41) is 3.02. The minimum absolute atomic E-state index is 0.126. The Morgan fingerprint density at radius 3 is 2.27 bits per heavy atom. The molecule has 1 heterocycles. The molecule has 22 heavy (non-hydrogen) atoms. The SMILES string of the molecule is COCc1ccc(CNC(=O)CN2CCCCCCC2)cc1. The van der Waals surface area contributed by atoms with E-state index >= 15 is 0 Å². The average Bonchev–Trinajstić information content (AvgIpc) is 2.49. The van der Waals surface area contributed by atoms with Crippen molar-refractivity contribution < 1.29 is 9.53 Å². The third-order valence-corrected chi connectivity index (χ3v) is 4.14. The first kappa shape index (κ1) is 17.0.